The Morgan fingerprint density at radius 2 is 1.76 bits per heavy atom. The van der Waals surface area contributed by atoms with E-state index in [2.05, 4.69) is 10.1 Å². The first-order valence-corrected chi connectivity index (χ1v) is 11.6. The highest BCUT2D eigenvalue weighted by Gasteiger charge is 2.24. The van der Waals surface area contributed by atoms with Gasteiger partial charge in [-0.2, -0.15) is 4.98 Å². The SMILES string of the molecule is COc1ccc(-c2noc(COC(=O)c3occc3CS(=O)(=O)c3ccccc3)n2)cc1OC. The van der Waals surface area contributed by atoms with E-state index in [0.29, 0.717) is 17.1 Å². The molecule has 2 aromatic carbocycles. The number of nitrogens with zero attached hydrogens (tertiary/aromatic N) is 2. The third-order valence-electron chi connectivity index (χ3n) is 4.82. The number of carbonyl (C=O) groups excluding carboxylic acids is 1. The Bertz CT molecular complexity index is 1390. The van der Waals surface area contributed by atoms with Crippen LogP contribution in [0.15, 0.2) is 74.7 Å². The van der Waals surface area contributed by atoms with Gasteiger partial charge in [0.1, 0.15) is 0 Å². The van der Waals surface area contributed by atoms with E-state index in [9.17, 15) is 13.2 Å². The lowest BCUT2D eigenvalue weighted by molar-refractivity contribution is 0.0392. The first-order chi connectivity index (χ1) is 16.4. The average Bonchev–Trinajstić information content (AvgIpc) is 3.52. The van der Waals surface area contributed by atoms with Crippen LogP contribution < -0.4 is 9.47 Å². The molecule has 2 aromatic heterocycles. The molecule has 0 aliphatic carbocycles. The molecule has 0 aliphatic rings. The van der Waals surface area contributed by atoms with Gasteiger partial charge in [-0.1, -0.05) is 23.4 Å². The summed E-state index contributed by atoms with van der Waals surface area (Å²) in [6, 6.07) is 14.5. The van der Waals surface area contributed by atoms with Gasteiger partial charge < -0.3 is 23.2 Å². The Kier molecular flexibility index (Phi) is 6.64. The lowest BCUT2D eigenvalue weighted by Gasteiger charge is -2.07. The molecule has 0 bridgehead atoms. The summed E-state index contributed by atoms with van der Waals surface area (Å²) in [5, 5.41) is 3.88. The fraction of sp³-hybridized carbons (Fsp3) is 0.174. The number of rotatable bonds is 9. The summed E-state index contributed by atoms with van der Waals surface area (Å²) in [5.74, 6) is -0.126. The number of benzene rings is 2. The Labute approximate surface area is 195 Å². The molecule has 4 aromatic rings. The quantitative estimate of drug-likeness (QED) is 0.324. The van der Waals surface area contributed by atoms with E-state index >= 15 is 0 Å². The van der Waals surface area contributed by atoms with Gasteiger partial charge in [0.25, 0.3) is 5.89 Å². The number of methoxy groups -OCH3 is 2. The summed E-state index contributed by atoms with van der Waals surface area (Å²) in [7, 11) is -0.634. The molecular formula is C23H20N2O8S. The van der Waals surface area contributed by atoms with E-state index in [-0.39, 0.29) is 34.5 Å². The number of carbonyl (C=O) groups is 1. The van der Waals surface area contributed by atoms with Crippen LogP contribution >= 0.6 is 0 Å². The maximum atomic E-state index is 12.6. The summed E-state index contributed by atoms with van der Waals surface area (Å²) in [5.41, 5.74) is 0.795. The molecule has 2 heterocycles. The van der Waals surface area contributed by atoms with E-state index < -0.39 is 21.6 Å². The van der Waals surface area contributed by atoms with E-state index in [4.69, 9.17) is 23.2 Å². The number of furan rings is 1. The lowest BCUT2D eigenvalue weighted by Crippen LogP contribution is -2.10. The van der Waals surface area contributed by atoms with Crippen molar-refractivity contribution in [2.24, 2.45) is 0 Å². The van der Waals surface area contributed by atoms with Crippen molar-refractivity contribution < 1.29 is 36.4 Å². The predicted octanol–water partition coefficient (Wildman–Crippen LogP) is 3.68. The number of hydrogen-bond acceptors (Lipinski definition) is 10. The Balaban J connectivity index is 1.43. The van der Waals surface area contributed by atoms with Gasteiger partial charge in [-0.3, -0.25) is 0 Å². The zero-order chi connectivity index (χ0) is 24.1. The molecule has 0 saturated heterocycles. The molecule has 0 fully saturated rings. The molecule has 0 unspecified atom stereocenters. The minimum absolute atomic E-state index is 0.0446. The molecule has 0 radical (unpaired) electrons. The number of aromatic nitrogens is 2. The van der Waals surface area contributed by atoms with Crippen molar-refractivity contribution in [2.45, 2.75) is 17.3 Å². The van der Waals surface area contributed by atoms with Gasteiger partial charge in [0, 0.05) is 11.1 Å². The minimum atomic E-state index is -3.67. The molecule has 0 spiro atoms. The number of esters is 1. The third kappa shape index (κ3) is 4.94. The number of sulfone groups is 1. The Morgan fingerprint density at radius 1 is 1.00 bits per heavy atom. The van der Waals surface area contributed by atoms with E-state index in [1.807, 2.05) is 0 Å². The minimum Gasteiger partial charge on any atom is -0.493 e. The van der Waals surface area contributed by atoms with Gasteiger partial charge in [0.2, 0.25) is 11.6 Å². The van der Waals surface area contributed by atoms with Crippen LogP contribution in [0.5, 0.6) is 11.5 Å². The van der Waals surface area contributed by atoms with Crippen LogP contribution in [0.3, 0.4) is 0 Å². The van der Waals surface area contributed by atoms with Crippen LogP contribution in [-0.2, 0) is 26.9 Å². The second kappa shape index (κ2) is 9.79. The van der Waals surface area contributed by atoms with Gasteiger partial charge in [0.15, 0.2) is 27.9 Å². The third-order valence-corrected chi connectivity index (χ3v) is 6.50. The average molecular weight is 484 g/mol. The van der Waals surface area contributed by atoms with Crippen LogP contribution in [0.4, 0.5) is 0 Å². The summed E-state index contributed by atoms with van der Waals surface area (Å²) < 4.78 is 51.3. The first kappa shape index (κ1) is 23.1. The smallest absolute Gasteiger partial charge is 0.375 e. The van der Waals surface area contributed by atoms with Gasteiger partial charge in [0.05, 0.1) is 31.1 Å². The normalized spacial score (nSPS) is 11.2. The van der Waals surface area contributed by atoms with Gasteiger partial charge in [-0.15, -0.1) is 0 Å². The highest BCUT2D eigenvalue weighted by molar-refractivity contribution is 7.90. The van der Waals surface area contributed by atoms with E-state index in [0.717, 1.165) is 0 Å². The van der Waals surface area contributed by atoms with Crippen molar-refractivity contribution in [1.29, 1.82) is 0 Å². The van der Waals surface area contributed by atoms with Crippen LogP contribution in [0.25, 0.3) is 11.4 Å². The maximum Gasteiger partial charge on any atom is 0.375 e. The molecular weight excluding hydrogens is 464 g/mol. The van der Waals surface area contributed by atoms with E-state index in [1.165, 1.54) is 38.7 Å². The molecule has 11 heteroatoms. The highest BCUT2D eigenvalue weighted by Crippen LogP contribution is 2.31. The molecule has 0 saturated carbocycles. The Hall–Kier alpha value is -4.12. The largest absolute Gasteiger partial charge is 0.493 e. The van der Waals surface area contributed by atoms with Crippen molar-refractivity contribution in [2.75, 3.05) is 14.2 Å². The maximum absolute atomic E-state index is 12.6. The molecule has 0 amide bonds. The standard InChI is InChI=1S/C23H20N2O8S/c1-29-18-9-8-15(12-19(18)30-2)22-24-20(33-25-22)13-32-23(26)21-16(10-11-31-21)14-34(27,28)17-6-4-3-5-7-17/h3-12H,13-14H2,1-2H3. The summed E-state index contributed by atoms with van der Waals surface area (Å²) in [6.07, 6.45) is 1.23. The summed E-state index contributed by atoms with van der Waals surface area (Å²) in [4.78, 5) is 16.9. The van der Waals surface area contributed by atoms with Crippen LogP contribution in [0.2, 0.25) is 0 Å². The Morgan fingerprint density at radius 3 is 2.50 bits per heavy atom. The fourth-order valence-electron chi connectivity index (χ4n) is 3.14. The second-order valence-corrected chi connectivity index (χ2v) is 8.99. The molecule has 0 N–H and O–H groups in total. The summed E-state index contributed by atoms with van der Waals surface area (Å²) >= 11 is 0. The topological polar surface area (TPSA) is 131 Å². The molecule has 34 heavy (non-hydrogen) atoms. The second-order valence-electron chi connectivity index (χ2n) is 7.00. The molecule has 176 valence electrons. The monoisotopic (exact) mass is 484 g/mol. The first-order valence-electron chi connectivity index (χ1n) is 9.97. The predicted molar refractivity (Wildman–Crippen MR) is 118 cm³/mol. The molecule has 0 aliphatic heterocycles. The molecule has 4 rings (SSSR count). The lowest BCUT2D eigenvalue weighted by atomic mass is 10.2. The molecule has 10 nitrogen and oxygen atoms in total. The van der Waals surface area contributed by atoms with Crippen molar-refractivity contribution in [3.63, 3.8) is 0 Å². The van der Waals surface area contributed by atoms with Crippen molar-refractivity contribution >= 4 is 15.8 Å². The van der Waals surface area contributed by atoms with Crippen molar-refractivity contribution in [3.05, 3.63) is 78.1 Å². The van der Waals surface area contributed by atoms with Crippen molar-refractivity contribution in [1.82, 2.24) is 10.1 Å². The molecule has 0 atom stereocenters. The number of ether oxygens (including phenoxy) is 3. The van der Waals surface area contributed by atoms with Crippen LogP contribution in [-0.4, -0.2) is 38.7 Å². The zero-order valence-corrected chi connectivity index (χ0v) is 19.1. The zero-order valence-electron chi connectivity index (χ0n) is 18.3. The number of hydrogen-bond donors (Lipinski definition) is 0. The van der Waals surface area contributed by atoms with Crippen LogP contribution in [0, 0.1) is 0 Å². The van der Waals surface area contributed by atoms with Crippen LogP contribution in [0.1, 0.15) is 22.0 Å². The van der Waals surface area contributed by atoms with Gasteiger partial charge in [-0.25, -0.2) is 13.2 Å². The highest BCUT2D eigenvalue weighted by atomic mass is 32.2. The summed E-state index contributed by atoms with van der Waals surface area (Å²) in [6.45, 7) is -0.329. The fourth-order valence-corrected chi connectivity index (χ4v) is 4.52. The van der Waals surface area contributed by atoms with Gasteiger partial charge in [-0.05, 0) is 36.4 Å². The van der Waals surface area contributed by atoms with E-state index in [1.54, 1.807) is 36.4 Å². The van der Waals surface area contributed by atoms with Crippen molar-refractivity contribution in [3.8, 4) is 22.9 Å². The van der Waals surface area contributed by atoms with Gasteiger partial charge >= 0.3 is 5.97 Å².